The first kappa shape index (κ1) is 11.4. The summed E-state index contributed by atoms with van der Waals surface area (Å²) in [5.74, 6) is 0. The molecule has 0 saturated carbocycles. The lowest BCUT2D eigenvalue weighted by molar-refractivity contribution is 0.101. The van der Waals surface area contributed by atoms with Crippen molar-refractivity contribution in [2.75, 3.05) is 25.4 Å². The topological polar surface area (TPSA) is 49.5 Å². The molecule has 0 aromatic heterocycles. The Bertz CT molecular complexity index is 317. The maximum absolute atomic E-state index is 10.1. The molecule has 0 bridgehead atoms. The van der Waals surface area contributed by atoms with Crippen molar-refractivity contribution in [1.29, 1.82) is 0 Å². The molecule has 0 radical (unpaired) electrons. The van der Waals surface area contributed by atoms with Crippen molar-refractivity contribution in [3.63, 3.8) is 0 Å². The molecule has 1 aliphatic rings. The molecule has 16 heavy (non-hydrogen) atoms. The van der Waals surface area contributed by atoms with Gasteiger partial charge in [-0.2, -0.15) is 0 Å². The lowest BCUT2D eigenvalue weighted by atomic mass is 10.1. The van der Waals surface area contributed by atoms with E-state index in [2.05, 4.69) is 4.90 Å². The van der Waals surface area contributed by atoms with Crippen molar-refractivity contribution in [2.45, 2.75) is 25.4 Å². The molecule has 1 aromatic rings. The number of aliphatic hydroxyl groups excluding tert-OH is 1. The van der Waals surface area contributed by atoms with Gasteiger partial charge in [0, 0.05) is 12.2 Å². The van der Waals surface area contributed by atoms with Crippen LogP contribution in [0.3, 0.4) is 0 Å². The van der Waals surface area contributed by atoms with Gasteiger partial charge in [0.05, 0.1) is 6.10 Å². The molecule has 0 aliphatic carbocycles. The van der Waals surface area contributed by atoms with Gasteiger partial charge in [-0.1, -0.05) is 18.6 Å². The summed E-state index contributed by atoms with van der Waals surface area (Å²) in [4.78, 5) is 2.34. The van der Waals surface area contributed by atoms with E-state index in [0.717, 1.165) is 30.9 Å². The maximum atomic E-state index is 10.1. The van der Waals surface area contributed by atoms with Gasteiger partial charge in [0.2, 0.25) is 0 Å². The van der Waals surface area contributed by atoms with Crippen LogP contribution < -0.4 is 5.73 Å². The highest BCUT2D eigenvalue weighted by molar-refractivity contribution is 5.39. The molecule has 3 nitrogen and oxygen atoms in total. The fraction of sp³-hybridized carbons (Fsp3) is 0.538. The molecule has 1 aromatic carbocycles. The van der Waals surface area contributed by atoms with E-state index >= 15 is 0 Å². The van der Waals surface area contributed by atoms with Crippen molar-refractivity contribution < 1.29 is 5.11 Å². The van der Waals surface area contributed by atoms with Gasteiger partial charge in [-0.15, -0.1) is 0 Å². The number of benzene rings is 1. The van der Waals surface area contributed by atoms with Gasteiger partial charge in [0.25, 0.3) is 0 Å². The zero-order valence-corrected chi connectivity index (χ0v) is 9.60. The number of hydrogen-bond donors (Lipinski definition) is 2. The van der Waals surface area contributed by atoms with Crippen molar-refractivity contribution in [2.24, 2.45) is 0 Å². The third-order valence-electron chi connectivity index (χ3n) is 3.20. The molecule has 3 N–H and O–H groups in total. The van der Waals surface area contributed by atoms with Crippen molar-refractivity contribution in [3.05, 3.63) is 29.8 Å². The number of rotatable bonds is 3. The lowest BCUT2D eigenvalue weighted by Crippen LogP contribution is -2.33. The Morgan fingerprint density at radius 3 is 2.38 bits per heavy atom. The number of likely N-dealkylation sites (tertiary alicyclic amines) is 1. The second kappa shape index (κ2) is 5.32. The number of β-amino-alcohol motifs (C(OH)–C–C–N with tert-alkyl or cyclic N) is 1. The fourth-order valence-electron chi connectivity index (χ4n) is 2.21. The minimum atomic E-state index is -0.390. The maximum Gasteiger partial charge on any atom is 0.0916 e. The summed E-state index contributed by atoms with van der Waals surface area (Å²) >= 11 is 0. The van der Waals surface area contributed by atoms with Crippen LogP contribution in [0, 0.1) is 0 Å². The average Bonchev–Trinajstić information content (AvgIpc) is 2.31. The zero-order chi connectivity index (χ0) is 11.4. The summed E-state index contributed by atoms with van der Waals surface area (Å²) in [6, 6.07) is 7.50. The molecular formula is C13H20N2O. The molecule has 1 unspecified atom stereocenters. The van der Waals surface area contributed by atoms with Crippen molar-refractivity contribution in [3.8, 4) is 0 Å². The summed E-state index contributed by atoms with van der Waals surface area (Å²) < 4.78 is 0. The van der Waals surface area contributed by atoms with Gasteiger partial charge < -0.3 is 15.7 Å². The quantitative estimate of drug-likeness (QED) is 0.763. The van der Waals surface area contributed by atoms with E-state index in [1.54, 1.807) is 0 Å². The van der Waals surface area contributed by atoms with Crippen LogP contribution in [0.4, 0.5) is 5.69 Å². The van der Waals surface area contributed by atoms with E-state index in [-0.39, 0.29) is 0 Å². The van der Waals surface area contributed by atoms with Crippen LogP contribution in [-0.2, 0) is 0 Å². The number of anilines is 1. The lowest BCUT2D eigenvalue weighted by Gasteiger charge is -2.28. The standard InChI is InChI=1S/C13H20N2O/c14-12-6-4-11(5-7-12)13(16)10-15-8-2-1-3-9-15/h4-7,13,16H,1-3,8-10,14H2. The first-order valence-electron chi connectivity index (χ1n) is 6.01. The van der Waals surface area contributed by atoms with Gasteiger partial charge in [-0.05, 0) is 43.6 Å². The number of nitrogens with zero attached hydrogens (tertiary/aromatic N) is 1. The second-order valence-electron chi connectivity index (χ2n) is 4.54. The van der Waals surface area contributed by atoms with Crippen LogP contribution >= 0.6 is 0 Å². The molecule has 0 spiro atoms. The molecule has 1 aliphatic heterocycles. The molecule has 1 fully saturated rings. The highest BCUT2D eigenvalue weighted by Gasteiger charge is 2.15. The minimum Gasteiger partial charge on any atom is -0.399 e. The highest BCUT2D eigenvalue weighted by Crippen LogP contribution is 2.18. The van der Waals surface area contributed by atoms with Crippen molar-refractivity contribution >= 4 is 5.69 Å². The van der Waals surface area contributed by atoms with Gasteiger partial charge >= 0.3 is 0 Å². The number of aliphatic hydroxyl groups is 1. The molecule has 0 amide bonds. The van der Waals surface area contributed by atoms with Gasteiger partial charge in [-0.25, -0.2) is 0 Å². The van der Waals surface area contributed by atoms with Crippen LogP contribution in [0.1, 0.15) is 30.9 Å². The first-order chi connectivity index (χ1) is 7.75. The smallest absolute Gasteiger partial charge is 0.0916 e. The van der Waals surface area contributed by atoms with E-state index in [4.69, 9.17) is 5.73 Å². The van der Waals surface area contributed by atoms with Crippen LogP contribution in [0.25, 0.3) is 0 Å². The number of piperidine rings is 1. The predicted molar refractivity (Wildman–Crippen MR) is 66.1 cm³/mol. The second-order valence-corrected chi connectivity index (χ2v) is 4.54. The summed E-state index contributed by atoms with van der Waals surface area (Å²) in [6.45, 7) is 2.97. The molecular weight excluding hydrogens is 200 g/mol. The van der Waals surface area contributed by atoms with Crippen LogP contribution in [-0.4, -0.2) is 29.6 Å². The Morgan fingerprint density at radius 2 is 1.75 bits per heavy atom. The van der Waals surface area contributed by atoms with Gasteiger partial charge in [0.1, 0.15) is 0 Å². The third kappa shape index (κ3) is 2.97. The summed E-state index contributed by atoms with van der Waals surface area (Å²) in [7, 11) is 0. The van der Waals surface area contributed by atoms with Crippen LogP contribution in [0.15, 0.2) is 24.3 Å². The minimum absolute atomic E-state index is 0.390. The van der Waals surface area contributed by atoms with E-state index < -0.39 is 6.10 Å². The Hall–Kier alpha value is -1.06. The molecule has 88 valence electrons. The Balaban J connectivity index is 1.91. The first-order valence-corrected chi connectivity index (χ1v) is 6.01. The van der Waals surface area contributed by atoms with Crippen LogP contribution in [0.5, 0.6) is 0 Å². The Morgan fingerprint density at radius 1 is 1.12 bits per heavy atom. The summed E-state index contributed by atoms with van der Waals surface area (Å²) in [5.41, 5.74) is 7.32. The van der Waals surface area contributed by atoms with E-state index in [1.165, 1.54) is 19.3 Å². The molecule has 1 atom stereocenters. The molecule has 3 heteroatoms. The van der Waals surface area contributed by atoms with E-state index in [9.17, 15) is 5.11 Å². The highest BCUT2D eigenvalue weighted by atomic mass is 16.3. The van der Waals surface area contributed by atoms with E-state index in [1.807, 2.05) is 24.3 Å². The normalized spacial score (nSPS) is 19.6. The number of nitrogens with two attached hydrogens (primary N) is 1. The zero-order valence-electron chi connectivity index (χ0n) is 9.60. The predicted octanol–water partition coefficient (Wildman–Crippen LogP) is 1.79. The third-order valence-corrected chi connectivity index (χ3v) is 3.20. The van der Waals surface area contributed by atoms with Gasteiger partial charge in [-0.3, -0.25) is 0 Å². The SMILES string of the molecule is Nc1ccc(C(O)CN2CCCCC2)cc1. The Kier molecular flexibility index (Phi) is 3.80. The average molecular weight is 220 g/mol. The largest absolute Gasteiger partial charge is 0.399 e. The monoisotopic (exact) mass is 220 g/mol. The van der Waals surface area contributed by atoms with Crippen molar-refractivity contribution in [1.82, 2.24) is 4.90 Å². The molecule has 1 heterocycles. The fourth-order valence-corrected chi connectivity index (χ4v) is 2.21. The molecule has 1 saturated heterocycles. The summed E-state index contributed by atoms with van der Waals surface area (Å²) in [6.07, 6.45) is 3.45. The van der Waals surface area contributed by atoms with Crippen LogP contribution in [0.2, 0.25) is 0 Å². The van der Waals surface area contributed by atoms with E-state index in [0.29, 0.717) is 0 Å². The number of hydrogen-bond acceptors (Lipinski definition) is 3. The Labute approximate surface area is 96.9 Å². The molecule has 2 rings (SSSR count). The van der Waals surface area contributed by atoms with Gasteiger partial charge in [0.15, 0.2) is 0 Å². The summed E-state index contributed by atoms with van der Waals surface area (Å²) in [5, 5.41) is 10.1. The number of nitrogen functional groups attached to an aromatic ring is 1.